The molecule has 3 saturated carbocycles. The predicted octanol–water partition coefficient (Wildman–Crippen LogP) is 4.80. The third-order valence-corrected chi connectivity index (χ3v) is 8.56. The lowest BCUT2D eigenvalue weighted by Gasteiger charge is -2.66. The summed E-state index contributed by atoms with van der Waals surface area (Å²) in [7, 11) is 0. The lowest BCUT2D eigenvalue weighted by Crippen LogP contribution is -2.70. The standard InChI is InChI=1S/C25H40O4/c1-8-23(6)15-25(28)13-10-17-22(4,5)11-9-12-24(17,7)20(25)19(21(23)27)29-18(26)14-16(2)3/h8,14,17,19-21,27-28H,1,9-13,15H2,2-7H3. The van der Waals surface area contributed by atoms with Gasteiger partial charge in [-0.1, -0.05) is 45.8 Å². The number of ether oxygens (including phenoxy) is 1. The summed E-state index contributed by atoms with van der Waals surface area (Å²) in [4.78, 5) is 12.6. The van der Waals surface area contributed by atoms with Crippen molar-refractivity contribution in [3.63, 3.8) is 0 Å². The van der Waals surface area contributed by atoms with E-state index in [0.717, 1.165) is 24.8 Å². The van der Waals surface area contributed by atoms with Crippen molar-refractivity contribution in [2.75, 3.05) is 0 Å². The van der Waals surface area contributed by atoms with E-state index in [9.17, 15) is 15.0 Å². The van der Waals surface area contributed by atoms with Crippen LogP contribution in [0.25, 0.3) is 0 Å². The van der Waals surface area contributed by atoms with Gasteiger partial charge in [0.1, 0.15) is 12.2 Å². The largest absolute Gasteiger partial charge is 0.456 e. The molecule has 2 N–H and O–H groups in total. The maximum Gasteiger partial charge on any atom is 0.331 e. The molecule has 3 aliphatic carbocycles. The highest BCUT2D eigenvalue weighted by atomic mass is 16.6. The van der Waals surface area contributed by atoms with E-state index in [4.69, 9.17) is 4.74 Å². The Morgan fingerprint density at radius 2 is 1.79 bits per heavy atom. The molecule has 0 bridgehead atoms. The molecule has 4 nitrogen and oxygen atoms in total. The molecule has 7 unspecified atom stereocenters. The Hall–Kier alpha value is -1.13. The van der Waals surface area contributed by atoms with E-state index in [1.807, 2.05) is 20.8 Å². The first-order valence-corrected chi connectivity index (χ1v) is 11.2. The van der Waals surface area contributed by atoms with Gasteiger partial charge in [0.15, 0.2) is 0 Å². The minimum Gasteiger partial charge on any atom is -0.456 e. The second-order valence-electron chi connectivity index (χ2n) is 11.5. The number of esters is 1. The minimum atomic E-state index is -0.975. The summed E-state index contributed by atoms with van der Waals surface area (Å²) >= 11 is 0. The Morgan fingerprint density at radius 1 is 1.14 bits per heavy atom. The van der Waals surface area contributed by atoms with Crippen LogP contribution >= 0.6 is 0 Å². The molecule has 0 saturated heterocycles. The van der Waals surface area contributed by atoms with Crippen LogP contribution in [0.1, 0.15) is 80.1 Å². The van der Waals surface area contributed by atoms with Crippen LogP contribution in [-0.2, 0) is 9.53 Å². The molecule has 3 fully saturated rings. The highest BCUT2D eigenvalue weighted by Gasteiger charge is 2.67. The van der Waals surface area contributed by atoms with Gasteiger partial charge in [-0.25, -0.2) is 4.79 Å². The van der Waals surface area contributed by atoms with Crippen LogP contribution in [0.3, 0.4) is 0 Å². The summed E-state index contributed by atoms with van der Waals surface area (Å²) in [6, 6.07) is 0. The Labute approximate surface area is 176 Å². The second kappa shape index (κ2) is 7.23. The van der Waals surface area contributed by atoms with Crippen molar-refractivity contribution in [2.45, 2.75) is 97.9 Å². The number of carbonyl (C=O) groups is 1. The smallest absolute Gasteiger partial charge is 0.331 e. The Balaban J connectivity index is 2.10. The first-order valence-electron chi connectivity index (χ1n) is 11.2. The number of hydrogen-bond acceptors (Lipinski definition) is 4. The quantitative estimate of drug-likeness (QED) is 0.403. The van der Waals surface area contributed by atoms with E-state index in [2.05, 4.69) is 27.4 Å². The van der Waals surface area contributed by atoms with Crippen LogP contribution in [0.2, 0.25) is 0 Å². The van der Waals surface area contributed by atoms with Crippen LogP contribution in [0.15, 0.2) is 24.3 Å². The Morgan fingerprint density at radius 3 is 2.38 bits per heavy atom. The van der Waals surface area contributed by atoms with Gasteiger partial charge in [0.2, 0.25) is 0 Å². The molecule has 164 valence electrons. The second-order valence-corrected chi connectivity index (χ2v) is 11.5. The number of hydrogen-bond donors (Lipinski definition) is 2. The summed E-state index contributed by atoms with van der Waals surface area (Å²) in [5.41, 5.74) is -0.833. The van der Waals surface area contributed by atoms with Crippen molar-refractivity contribution in [1.29, 1.82) is 0 Å². The van der Waals surface area contributed by atoms with Gasteiger partial charge in [-0.05, 0) is 62.7 Å². The van der Waals surface area contributed by atoms with Crippen LogP contribution in [0, 0.1) is 28.1 Å². The molecule has 7 atom stereocenters. The maximum absolute atomic E-state index is 12.6. The van der Waals surface area contributed by atoms with Crippen LogP contribution in [0.5, 0.6) is 0 Å². The topological polar surface area (TPSA) is 66.8 Å². The van der Waals surface area contributed by atoms with Crippen molar-refractivity contribution >= 4 is 5.97 Å². The van der Waals surface area contributed by atoms with Crippen LogP contribution in [-0.4, -0.2) is 34.0 Å². The predicted molar refractivity (Wildman–Crippen MR) is 115 cm³/mol. The van der Waals surface area contributed by atoms with Crippen molar-refractivity contribution in [2.24, 2.45) is 28.1 Å². The minimum absolute atomic E-state index is 0.174. The number of allylic oxidation sites excluding steroid dienone is 1. The van der Waals surface area contributed by atoms with Crippen molar-refractivity contribution in [3.8, 4) is 0 Å². The zero-order valence-electron chi connectivity index (χ0n) is 19.1. The van der Waals surface area contributed by atoms with E-state index >= 15 is 0 Å². The average molecular weight is 405 g/mol. The third kappa shape index (κ3) is 3.61. The number of fused-ring (bicyclic) bond motifs is 3. The molecule has 0 radical (unpaired) electrons. The third-order valence-electron chi connectivity index (χ3n) is 8.56. The zero-order chi connectivity index (χ0) is 21.8. The fourth-order valence-electron chi connectivity index (χ4n) is 7.35. The van der Waals surface area contributed by atoms with E-state index in [-0.39, 0.29) is 16.7 Å². The summed E-state index contributed by atoms with van der Waals surface area (Å²) in [5, 5.41) is 23.3. The van der Waals surface area contributed by atoms with Crippen LogP contribution in [0.4, 0.5) is 0 Å². The molecule has 0 spiro atoms. The number of carbonyl (C=O) groups excluding carboxylic acids is 1. The summed E-state index contributed by atoms with van der Waals surface area (Å²) in [6.45, 7) is 16.5. The highest BCUT2D eigenvalue weighted by molar-refractivity contribution is 5.82. The normalized spacial score (nSPS) is 46.1. The summed E-state index contributed by atoms with van der Waals surface area (Å²) < 4.78 is 5.96. The van der Waals surface area contributed by atoms with Gasteiger partial charge >= 0.3 is 5.97 Å². The zero-order valence-corrected chi connectivity index (χ0v) is 19.1. The van der Waals surface area contributed by atoms with Gasteiger partial charge in [-0.2, -0.15) is 0 Å². The maximum atomic E-state index is 12.6. The Kier molecular flexibility index (Phi) is 5.62. The first-order chi connectivity index (χ1) is 13.3. The molecule has 4 heteroatoms. The monoisotopic (exact) mass is 404 g/mol. The van der Waals surface area contributed by atoms with Crippen molar-refractivity contribution in [1.82, 2.24) is 0 Å². The van der Waals surface area contributed by atoms with Crippen molar-refractivity contribution < 1.29 is 19.7 Å². The molecule has 0 aliphatic heterocycles. The van der Waals surface area contributed by atoms with Gasteiger partial charge in [-0.3, -0.25) is 0 Å². The number of aliphatic hydroxyl groups excluding tert-OH is 1. The van der Waals surface area contributed by atoms with Crippen molar-refractivity contribution in [3.05, 3.63) is 24.3 Å². The molecular weight excluding hydrogens is 364 g/mol. The fraction of sp³-hybridized carbons (Fsp3) is 0.800. The molecule has 0 heterocycles. The van der Waals surface area contributed by atoms with Crippen LogP contribution < -0.4 is 0 Å². The van der Waals surface area contributed by atoms with Gasteiger partial charge < -0.3 is 14.9 Å². The molecule has 3 aliphatic rings. The molecule has 3 rings (SSSR count). The van der Waals surface area contributed by atoms with E-state index in [1.54, 1.807) is 6.08 Å². The summed E-state index contributed by atoms with van der Waals surface area (Å²) in [5.74, 6) is -0.296. The lowest BCUT2D eigenvalue weighted by atomic mass is 9.41. The van der Waals surface area contributed by atoms with Gasteiger partial charge in [0.05, 0.1) is 5.60 Å². The van der Waals surface area contributed by atoms with E-state index < -0.39 is 29.2 Å². The molecule has 0 aromatic rings. The summed E-state index contributed by atoms with van der Waals surface area (Å²) in [6.07, 6.45) is 6.91. The average Bonchev–Trinajstić information content (AvgIpc) is 2.57. The molecule has 29 heavy (non-hydrogen) atoms. The fourth-order valence-corrected chi connectivity index (χ4v) is 7.35. The van der Waals surface area contributed by atoms with Gasteiger partial charge in [-0.15, -0.1) is 6.58 Å². The highest BCUT2D eigenvalue weighted by Crippen LogP contribution is 2.66. The molecule has 0 aromatic carbocycles. The van der Waals surface area contributed by atoms with Gasteiger partial charge in [0, 0.05) is 17.4 Å². The molecule has 0 amide bonds. The number of aliphatic hydroxyl groups is 2. The SMILES string of the molecule is C=CC1(C)CC2(O)CCC3C(C)(C)CCCC3(C)C2C(OC(=O)C=C(C)C)C1O. The Bertz CT molecular complexity index is 706. The first kappa shape index (κ1) is 22.6. The van der Waals surface area contributed by atoms with E-state index in [1.165, 1.54) is 12.5 Å². The molecular formula is C25H40O4. The lowest BCUT2D eigenvalue weighted by molar-refractivity contribution is -0.269. The molecule has 0 aromatic heterocycles. The van der Waals surface area contributed by atoms with Gasteiger partial charge in [0.25, 0.3) is 0 Å². The van der Waals surface area contributed by atoms with E-state index in [0.29, 0.717) is 18.8 Å². The number of rotatable bonds is 3.